The first kappa shape index (κ1) is 21.9. The maximum absolute atomic E-state index is 6.64. The molecule has 6 rings (SSSR count). The number of hydrogen-bond acceptors (Lipinski definition) is 6. The number of nitrogens with zero attached hydrogens (tertiary/aromatic N) is 6. The number of aromatic nitrogens is 6. The van der Waals surface area contributed by atoms with E-state index in [0.717, 1.165) is 52.8 Å². The molecule has 0 bridgehead atoms. The van der Waals surface area contributed by atoms with Crippen LogP contribution in [0.2, 0.25) is 0 Å². The Hall–Kier alpha value is -4.56. The Morgan fingerprint density at radius 1 is 0.917 bits per heavy atom. The Morgan fingerprint density at radius 3 is 2.69 bits per heavy atom. The molecular formula is C28H26N8. The summed E-state index contributed by atoms with van der Waals surface area (Å²) in [6, 6.07) is 24.8. The van der Waals surface area contributed by atoms with E-state index in [2.05, 4.69) is 57.9 Å². The van der Waals surface area contributed by atoms with Gasteiger partial charge >= 0.3 is 0 Å². The molecule has 4 aromatic heterocycles. The van der Waals surface area contributed by atoms with Crippen LogP contribution in [0.3, 0.4) is 0 Å². The number of pyridine rings is 2. The average molecular weight is 475 g/mol. The van der Waals surface area contributed by atoms with Crippen molar-refractivity contribution in [3.05, 3.63) is 102 Å². The number of fused-ring (bicyclic) bond motifs is 2. The number of nitrogens with two attached hydrogens (primary N) is 1. The van der Waals surface area contributed by atoms with E-state index in [1.54, 1.807) is 9.19 Å². The van der Waals surface area contributed by atoms with E-state index < -0.39 is 0 Å². The molecule has 2 aromatic carbocycles. The van der Waals surface area contributed by atoms with Gasteiger partial charge in [0, 0.05) is 17.5 Å². The highest BCUT2D eigenvalue weighted by Crippen LogP contribution is 2.31. The largest absolute Gasteiger partial charge is 0.337 e. The highest BCUT2D eigenvalue weighted by molar-refractivity contribution is 5.85. The number of nitrogens with one attached hydrogen (secondary N) is 1. The van der Waals surface area contributed by atoms with Crippen molar-refractivity contribution in [3.63, 3.8) is 0 Å². The Balaban J connectivity index is 1.29. The van der Waals surface area contributed by atoms with Crippen LogP contribution < -0.4 is 11.2 Å². The summed E-state index contributed by atoms with van der Waals surface area (Å²) in [5.74, 6) is 7.38. The first-order valence-corrected chi connectivity index (χ1v) is 12.0. The number of imidazole rings is 1. The van der Waals surface area contributed by atoms with Gasteiger partial charge in [-0.05, 0) is 60.5 Å². The lowest BCUT2D eigenvalue weighted by Crippen LogP contribution is -2.23. The van der Waals surface area contributed by atoms with Gasteiger partial charge in [0.05, 0.1) is 12.2 Å². The standard InChI is InChI=1S/C28H26N8/c1-19-6-4-11-24(33-19)27-28(22-12-13-25-31-18-32-35(25)17-22)36(29)26(34-27)16-30-15-14-21-9-5-8-20-7-2-3-10-23(20)21/h2-13,17-18,30H,14-16,29H2,1H3. The van der Waals surface area contributed by atoms with E-state index in [1.165, 1.54) is 22.7 Å². The van der Waals surface area contributed by atoms with Gasteiger partial charge in [-0.1, -0.05) is 48.5 Å². The van der Waals surface area contributed by atoms with Crippen molar-refractivity contribution < 1.29 is 0 Å². The molecule has 0 saturated carbocycles. The fourth-order valence-corrected chi connectivity index (χ4v) is 4.62. The Bertz CT molecular complexity index is 1680. The number of rotatable bonds is 7. The topological polar surface area (TPSA) is 99.0 Å². The molecule has 8 nitrogen and oxygen atoms in total. The van der Waals surface area contributed by atoms with E-state index >= 15 is 0 Å². The fourth-order valence-electron chi connectivity index (χ4n) is 4.62. The van der Waals surface area contributed by atoms with E-state index in [4.69, 9.17) is 15.8 Å². The molecule has 8 heteroatoms. The third-order valence-electron chi connectivity index (χ3n) is 6.40. The molecular weight excluding hydrogens is 448 g/mol. The lowest BCUT2D eigenvalue weighted by molar-refractivity contribution is 0.648. The van der Waals surface area contributed by atoms with Crippen LogP contribution in [-0.2, 0) is 13.0 Å². The molecule has 0 spiro atoms. The first-order chi connectivity index (χ1) is 17.7. The highest BCUT2D eigenvalue weighted by Gasteiger charge is 2.20. The average Bonchev–Trinajstić information content (AvgIpc) is 3.50. The Kier molecular flexibility index (Phi) is 5.63. The molecule has 0 amide bonds. The van der Waals surface area contributed by atoms with Crippen LogP contribution in [0.25, 0.3) is 39.1 Å². The van der Waals surface area contributed by atoms with Gasteiger partial charge < -0.3 is 11.2 Å². The van der Waals surface area contributed by atoms with Crippen molar-refractivity contribution in [3.8, 4) is 22.6 Å². The van der Waals surface area contributed by atoms with Gasteiger partial charge in [-0.3, -0.25) is 4.98 Å². The molecule has 178 valence electrons. The third kappa shape index (κ3) is 4.08. The van der Waals surface area contributed by atoms with Crippen LogP contribution in [0.4, 0.5) is 0 Å². The lowest BCUT2D eigenvalue weighted by atomic mass is 10.0. The van der Waals surface area contributed by atoms with Crippen molar-refractivity contribution in [1.29, 1.82) is 0 Å². The molecule has 0 atom stereocenters. The van der Waals surface area contributed by atoms with Gasteiger partial charge in [-0.25, -0.2) is 19.2 Å². The minimum absolute atomic E-state index is 0.533. The molecule has 3 N–H and O–H groups in total. The van der Waals surface area contributed by atoms with Crippen molar-refractivity contribution >= 4 is 16.4 Å². The number of aryl methyl sites for hydroxylation is 1. The Labute approximate surface area is 208 Å². The van der Waals surface area contributed by atoms with E-state index in [9.17, 15) is 0 Å². The van der Waals surface area contributed by atoms with Crippen LogP contribution in [0.1, 0.15) is 17.1 Å². The zero-order valence-electron chi connectivity index (χ0n) is 20.0. The maximum atomic E-state index is 6.64. The summed E-state index contributed by atoms with van der Waals surface area (Å²) >= 11 is 0. The van der Waals surface area contributed by atoms with Gasteiger partial charge in [0.25, 0.3) is 0 Å². The second-order valence-electron chi connectivity index (χ2n) is 8.81. The summed E-state index contributed by atoms with van der Waals surface area (Å²) < 4.78 is 3.39. The number of benzene rings is 2. The predicted molar refractivity (Wildman–Crippen MR) is 142 cm³/mol. The highest BCUT2D eigenvalue weighted by atomic mass is 15.3. The van der Waals surface area contributed by atoms with E-state index in [1.807, 2.05) is 43.5 Å². The van der Waals surface area contributed by atoms with Crippen molar-refractivity contribution in [2.24, 2.45) is 0 Å². The summed E-state index contributed by atoms with van der Waals surface area (Å²) in [6.07, 6.45) is 4.36. The van der Waals surface area contributed by atoms with Gasteiger partial charge in [0.15, 0.2) is 5.65 Å². The molecule has 6 aromatic rings. The SMILES string of the molecule is Cc1cccc(-c2nc(CNCCc3cccc4ccccc34)n(N)c2-c2ccc3ncnn3c2)n1. The fraction of sp³-hybridized carbons (Fsp3) is 0.143. The van der Waals surface area contributed by atoms with Crippen LogP contribution in [-0.4, -0.2) is 35.8 Å². The molecule has 0 aliphatic carbocycles. The maximum Gasteiger partial charge on any atom is 0.155 e. The molecule has 0 fully saturated rings. The molecule has 36 heavy (non-hydrogen) atoms. The van der Waals surface area contributed by atoms with E-state index in [0.29, 0.717) is 6.54 Å². The molecule has 0 aliphatic heterocycles. The summed E-state index contributed by atoms with van der Waals surface area (Å²) in [4.78, 5) is 13.9. The third-order valence-corrected chi connectivity index (χ3v) is 6.40. The van der Waals surface area contributed by atoms with Gasteiger partial charge in [-0.15, -0.1) is 0 Å². The van der Waals surface area contributed by atoms with Gasteiger partial charge in [-0.2, -0.15) is 5.10 Å². The molecule has 0 unspecified atom stereocenters. The molecule has 0 saturated heterocycles. The summed E-state index contributed by atoms with van der Waals surface area (Å²) in [5.41, 5.74) is 6.22. The van der Waals surface area contributed by atoms with Crippen LogP contribution in [0, 0.1) is 6.92 Å². The van der Waals surface area contributed by atoms with Crippen LogP contribution in [0.5, 0.6) is 0 Å². The van der Waals surface area contributed by atoms with Crippen LogP contribution >= 0.6 is 0 Å². The second-order valence-corrected chi connectivity index (χ2v) is 8.81. The number of hydrogen-bond donors (Lipinski definition) is 2. The summed E-state index contributed by atoms with van der Waals surface area (Å²) in [6.45, 7) is 3.31. The molecule has 0 radical (unpaired) electrons. The van der Waals surface area contributed by atoms with Crippen molar-refractivity contribution in [2.45, 2.75) is 19.9 Å². The number of nitrogen functional groups attached to an aromatic ring is 1. The molecule has 4 heterocycles. The van der Waals surface area contributed by atoms with Crippen molar-refractivity contribution in [1.82, 2.24) is 34.6 Å². The van der Waals surface area contributed by atoms with Crippen LogP contribution in [0.15, 0.2) is 85.3 Å². The summed E-state index contributed by atoms with van der Waals surface area (Å²) in [7, 11) is 0. The molecule has 0 aliphatic rings. The minimum Gasteiger partial charge on any atom is -0.337 e. The van der Waals surface area contributed by atoms with Crippen molar-refractivity contribution in [2.75, 3.05) is 12.4 Å². The van der Waals surface area contributed by atoms with Gasteiger partial charge in [0.1, 0.15) is 23.5 Å². The first-order valence-electron chi connectivity index (χ1n) is 12.0. The normalized spacial score (nSPS) is 11.5. The Morgan fingerprint density at radius 2 is 1.78 bits per heavy atom. The minimum atomic E-state index is 0.533. The second kappa shape index (κ2) is 9.24. The van der Waals surface area contributed by atoms with E-state index in [-0.39, 0.29) is 0 Å². The smallest absolute Gasteiger partial charge is 0.155 e. The quantitative estimate of drug-likeness (QED) is 0.266. The monoisotopic (exact) mass is 474 g/mol. The lowest BCUT2D eigenvalue weighted by Gasteiger charge is -2.09. The summed E-state index contributed by atoms with van der Waals surface area (Å²) in [5, 5.41) is 10.4. The predicted octanol–water partition coefficient (Wildman–Crippen LogP) is 4.16. The van der Waals surface area contributed by atoms with Gasteiger partial charge in [0.2, 0.25) is 0 Å². The zero-order chi connectivity index (χ0) is 24.5. The zero-order valence-corrected chi connectivity index (χ0v) is 20.0.